The second-order valence-corrected chi connectivity index (χ2v) is 10.8. The number of benzene rings is 2. The van der Waals surface area contributed by atoms with Gasteiger partial charge >= 0.3 is 11.8 Å². The highest BCUT2D eigenvalue weighted by molar-refractivity contribution is 7.92. The van der Waals surface area contributed by atoms with Crippen LogP contribution in [0.2, 0.25) is 0 Å². The van der Waals surface area contributed by atoms with E-state index in [4.69, 9.17) is 4.74 Å². The average Bonchev–Trinajstić information content (AvgIpc) is 3.25. The summed E-state index contributed by atoms with van der Waals surface area (Å²) in [5.74, 6) is -0.667. The molecule has 0 fully saturated rings. The second kappa shape index (κ2) is 9.63. The lowest BCUT2D eigenvalue weighted by atomic mass is 10.0. The monoisotopic (exact) mass is 486 g/mol. The molecule has 0 unspecified atom stereocenters. The van der Waals surface area contributed by atoms with E-state index in [0.717, 1.165) is 48.0 Å². The number of carbonyl (C=O) groups excluding carboxylic acids is 2. The van der Waals surface area contributed by atoms with Gasteiger partial charge in [0.05, 0.1) is 24.6 Å². The third-order valence-electron chi connectivity index (χ3n) is 6.20. The first-order chi connectivity index (χ1) is 16.1. The predicted octanol–water partition coefficient (Wildman–Crippen LogP) is 1.69. The van der Waals surface area contributed by atoms with Crippen LogP contribution in [0.3, 0.4) is 0 Å². The summed E-state index contributed by atoms with van der Waals surface area (Å²) >= 11 is 0. The maximum absolute atomic E-state index is 12.5. The van der Waals surface area contributed by atoms with E-state index >= 15 is 0 Å². The van der Waals surface area contributed by atoms with Crippen molar-refractivity contribution in [2.75, 3.05) is 49.7 Å². The molecule has 1 atom stereocenters. The number of amides is 2. The Bertz CT molecular complexity index is 1210. The summed E-state index contributed by atoms with van der Waals surface area (Å²) in [4.78, 5) is 27.1. The Hall–Kier alpha value is -3.11. The van der Waals surface area contributed by atoms with E-state index in [1.165, 1.54) is 4.31 Å². The molecule has 0 spiro atoms. The molecule has 2 aromatic rings. The molecule has 0 radical (unpaired) electrons. The molecule has 2 amide bonds. The molecular weight excluding hydrogens is 456 g/mol. The van der Waals surface area contributed by atoms with Crippen molar-refractivity contribution >= 4 is 33.2 Å². The summed E-state index contributed by atoms with van der Waals surface area (Å²) in [5, 5.41) is 5.30. The number of hydrogen-bond donors (Lipinski definition) is 2. The van der Waals surface area contributed by atoms with E-state index in [9.17, 15) is 18.0 Å². The zero-order chi connectivity index (χ0) is 24.5. The van der Waals surface area contributed by atoms with Crippen molar-refractivity contribution in [1.82, 2.24) is 10.2 Å². The van der Waals surface area contributed by atoms with Crippen molar-refractivity contribution in [1.29, 1.82) is 0 Å². The van der Waals surface area contributed by atoms with Gasteiger partial charge in [0, 0.05) is 25.2 Å². The van der Waals surface area contributed by atoms with Crippen LogP contribution >= 0.6 is 0 Å². The lowest BCUT2D eigenvalue weighted by Gasteiger charge is -2.29. The van der Waals surface area contributed by atoms with E-state index in [1.54, 1.807) is 18.2 Å². The highest BCUT2D eigenvalue weighted by Crippen LogP contribution is 2.32. The van der Waals surface area contributed by atoms with Crippen LogP contribution in [-0.2, 0) is 32.5 Å². The molecule has 34 heavy (non-hydrogen) atoms. The molecule has 4 rings (SSSR count). The number of ether oxygens (including phenoxy) is 1. The third-order valence-corrected chi connectivity index (χ3v) is 7.38. The van der Waals surface area contributed by atoms with Crippen LogP contribution in [0.15, 0.2) is 36.4 Å². The van der Waals surface area contributed by atoms with Gasteiger partial charge in [-0.25, -0.2) is 8.42 Å². The van der Waals surface area contributed by atoms with E-state index in [2.05, 4.69) is 16.7 Å². The van der Waals surface area contributed by atoms with Gasteiger partial charge in [0.15, 0.2) is 0 Å². The molecule has 0 saturated heterocycles. The quantitative estimate of drug-likeness (QED) is 0.602. The van der Waals surface area contributed by atoms with Crippen LogP contribution in [0.1, 0.15) is 29.2 Å². The van der Waals surface area contributed by atoms with Crippen molar-refractivity contribution in [3.05, 3.63) is 53.1 Å². The Kier molecular flexibility index (Phi) is 6.81. The molecule has 0 bridgehead atoms. The maximum atomic E-state index is 12.5. The Morgan fingerprint density at radius 2 is 1.88 bits per heavy atom. The number of aryl methyl sites for hydroxylation is 1. The molecule has 0 aliphatic carbocycles. The van der Waals surface area contributed by atoms with Crippen molar-refractivity contribution in [3.8, 4) is 5.75 Å². The number of sulfonamides is 1. The standard InChI is InChI=1S/C24H30N4O5S/c1-27(2)21(17-7-9-22-18(13-17)10-12-33-22)15-25-23(29)24(30)26-19-8-6-16-5-4-11-28(20(16)14-19)34(3,31)32/h6-9,13-14,21H,4-5,10-12,15H2,1-3H3,(H,25,29)(H,26,30)/t21-/m0/s1. The van der Waals surface area contributed by atoms with Crippen LogP contribution in [-0.4, -0.2) is 65.2 Å². The third kappa shape index (κ3) is 5.18. The Morgan fingerprint density at radius 1 is 1.09 bits per heavy atom. The number of nitrogens with one attached hydrogen (secondary N) is 2. The highest BCUT2D eigenvalue weighted by Gasteiger charge is 2.25. The summed E-state index contributed by atoms with van der Waals surface area (Å²) in [6.45, 7) is 1.32. The van der Waals surface area contributed by atoms with Crippen LogP contribution < -0.4 is 19.7 Å². The average molecular weight is 487 g/mol. The zero-order valence-corrected chi connectivity index (χ0v) is 20.4. The van der Waals surface area contributed by atoms with E-state index in [-0.39, 0.29) is 12.6 Å². The van der Waals surface area contributed by atoms with Crippen LogP contribution in [0.4, 0.5) is 11.4 Å². The van der Waals surface area contributed by atoms with Gasteiger partial charge in [0.1, 0.15) is 5.75 Å². The number of fused-ring (bicyclic) bond motifs is 2. The normalized spacial score (nSPS) is 15.8. The lowest BCUT2D eigenvalue weighted by molar-refractivity contribution is -0.136. The first kappa shape index (κ1) is 24.0. The fourth-order valence-electron chi connectivity index (χ4n) is 4.43. The number of rotatable bonds is 6. The molecule has 2 heterocycles. The smallest absolute Gasteiger partial charge is 0.313 e. The Morgan fingerprint density at radius 3 is 2.62 bits per heavy atom. The molecule has 2 aromatic carbocycles. The van der Waals surface area contributed by atoms with Crippen LogP contribution in [0.5, 0.6) is 5.75 Å². The van der Waals surface area contributed by atoms with E-state index < -0.39 is 21.8 Å². The fraction of sp³-hybridized carbons (Fsp3) is 0.417. The molecule has 2 N–H and O–H groups in total. The van der Waals surface area contributed by atoms with Crippen molar-refractivity contribution < 1.29 is 22.7 Å². The minimum Gasteiger partial charge on any atom is -0.493 e. The summed E-state index contributed by atoms with van der Waals surface area (Å²) in [7, 11) is 0.407. The summed E-state index contributed by atoms with van der Waals surface area (Å²) < 4.78 is 31.2. The highest BCUT2D eigenvalue weighted by atomic mass is 32.2. The molecule has 2 aliphatic rings. The van der Waals surface area contributed by atoms with Crippen molar-refractivity contribution in [2.45, 2.75) is 25.3 Å². The van der Waals surface area contributed by atoms with Gasteiger partial charge in [0.25, 0.3) is 0 Å². The Labute approximate surface area is 200 Å². The molecule has 0 aromatic heterocycles. The molecule has 2 aliphatic heterocycles. The molecule has 182 valence electrons. The SMILES string of the molecule is CN(C)[C@@H](CNC(=O)C(=O)Nc1ccc2c(c1)N(S(C)(=O)=O)CCC2)c1ccc2c(c1)CCO2. The van der Waals surface area contributed by atoms with Gasteiger partial charge in [-0.05, 0) is 61.8 Å². The van der Waals surface area contributed by atoms with Crippen LogP contribution in [0.25, 0.3) is 0 Å². The first-order valence-corrected chi connectivity index (χ1v) is 13.1. The van der Waals surface area contributed by atoms with Crippen molar-refractivity contribution in [2.24, 2.45) is 0 Å². The minimum atomic E-state index is -3.43. The van der Waals surface area contributed by atoms with Gasteiger partial charge in [-0.2, -0.15) is 0 Å². The summed E-state index contributed by atoms with van der Waals surface area (Å²) in [6, 6.07) is 11.0. The largest absolute Gasteiger partial charge is 0.493 e. The number of anilines is 2. The molecule has 9 nitrogen and oxygen atoms in total. The topological polar surface area (TPSA) is 108 Å². The van der Waals surface area contributed by atoms with Gasteiger partial charge in [-0.3, -0.25) is 13.9 Å². The molecule has 10 heteroatoms. The maximum Gasteiger partial charge on any atom is 0.313 e. The van der Waals surface area contributed by atoms with Gasteiger partial charge in [-0.15, -0.1) is 0 Å². The first-order valence-electron chi connectivity index (χ1n) is 11.3. The zero-order valence-electron chi connectivity index (χ0n) is 19.6. The molecule has 0 saturated carbocycles. The molecular formula is C24H30N4O5S. The van der Waals surface area contributed by atoms with Gasteiger partial charge in [-0.1, -0.05) is 18.2 Å². The number of nitrogens with zero attached hydrogens (tertiary/aromatic N) is 2. The van der Waals surface area contributed by atoms with E-state index in [0.29, 0.717) is 24.5 Å². The van der Waals surface area contributed by atoms with Crippen LogP contribution in [0, 0.1) is 0 Å². The summed E-state index contributed by atoms with van der Waals surface area (Å²) in [6.07, 6.45) is 3.51. The van der Waals surface area contributed by atoms with Gasteiger partial charge < -0.3 is 20.3 Å². The lowest BCUT2D eigenvalue weighted by Crippen LogP contribution is -2.40. The minimum absolute atomic E-state index is 0.116. The van der Waals surface area contributed by atoms with Crippen molar-refractivity contribution in [3.63, 3.8) is 0 Å². The predicted molar refractivity (Wildman–Crippen MR) is 131 cm³/mol. The fourth-order valence-corrected chi connectivity index (χ4v) is 5.42. The number of carbonyl (C=O) groups is 2. The number of likely N-dealkylation sites (N-methyl/N-ethyl adjacent to an activating group) is 1. The van der Waals surface area contributed by atoms with E-state index in [1.807, 2.05) is 31.1 Å². The summed E-state index contributed by atoms with van der Waals surface area (Å²) in [5.41, 5.74) is 3.99. The second-order valence-electron chi connectivity index (χ2n) is 8.89. The number of hydrogen-bond acceptors (Lipinski definition) is 6. The van der Waals surface area contributed by atoms with Gasteiger partial charge in [0.2, 0.25) is 10.0 Å². The Balaban J connectivity index is 1.41.